The van der Waals surface area contributed by atoms with Crippen molar-refractivity contribution in [3.8, 4) is 0 Å². The van der Waals surface area contributed by atoms with Crippen molar-refractivity contribution in [3.63, 3.8) is 0 Å². The number of rotatable bonds is 2. The molecule has 0 amide bonds. The highest BCUT2D eigenvalue weighted by Gasteiger charge is 2.60. The summed E-state index contributed by atoms with van der Waals surface area (Å²) >= 11 is 18.8. The zero-order valence-electron chi connectivity index (χ0n) is 12.7. The molecule has 0 spiro atoms. The van der Waals surface area contributed by atoms with Crippen LogP contribution < -0.4 is 0 Å². The van der Waals surface area contributed by atoms with Gasteiger partial charge in [-0.1, -0.05) is 33.2 Å². The Balaban J connectivity index is 3.09. The van der Waals surface area contributed by atoms with Crippen LogP contribution in [-0.4, -0.2) is 40.7 Å². The zero-order valence-corrected chi connectivity index (χ0v) is 19.9. The molecule has 0 bridgehead atoms. The van der Waals surface area contributed by atoms with Gasteiger partial charge in [-0.3, -0.25) is 0 Å². The molecule has 0 saturated carbocycles. The highest BCUT2D eigenvalue weighted by atomic mass is 35.7. The van der Waals surface area contributed by atoms with Crippen molar-refractivity contribution in [2.24, 2.45) is 0 Å². The normalized spacial score (nSPS) is 33.3. The molecular formula is C7H21Cl3O5Si5. The molecule has 0 aromatic carbocycles. The van der Waals surface area contributed by atoms with Crippen molar-refractivity contribution in [2.45, 2.75) is 45.8 Å². The zero-order chi connectivity index (χ0) is 16.0. The Bertz CT molecular complexity index is 352. The SMILES string of the molecule is C[Si](C)(C)O[Si]1(Cl)O[Si](C)(C)O[Si](C)(C)O[Si](Cl)(Cl)O1. The van der Waals surface area contributed by atoms with Gasteiger partial charge in [0.15, 0.2) is 8.32 Å². The van der Waals surface area contributed by atoms with Crippen LogP contribution in [0.25, 0.3) is 0 Å². The molecule has 1 rings (SSSR count). The summed E-state index contributed by atoms with van der Waals surface area (Å²) in [5.74, 6) is 0. The lowest BCUT2D eigenvalue weighted by Gasteiger charge is -2.44. The van der Waals surface area contributed by atoms with E-state index >= 15 is 0 Å². The third-order valence-corrected chi connectivity index (χ3v) is 21.9. The lowest BCUT2D eigenvalue weighted by Crippen LogP contribution is -2.65. The largest absolute Gasteiger partial charge is 0.586 e. The Labute approximate surface area is 140 Å². The van der Waals surface area contributed by atoms with Gasteiger partial charge in [0.05, 0.1) is 0 Å². The first-order valence-electron chi connectivity index (χ1n) is 6.11. The van der Waals surface area contributed by atoms with E-state index in [1.165, 1.54) is 0 Å². The third-order valence-electron chi connectivity index (χ3n) is 1.89. The quantitative estimate of drug-likeness (QED) is 0.490. The molecule has 0 aromatic rings. The molecular weight excluding hydrogens is 411 g/mol. The first kappa shape index (κ1) is 19.8. The first-order valence-corrected chi connectivity index (χ1v) is 21.7. The minimum Gasteiger partial charge on any atom is -0.416 e. The highest BCUT2D eigenvalue weighted by Crippen LogP contribution is 2.37. The Hall–Kier alpha value is 1.75. The summed E-state index contributed by atoms with van der Waals surface area (Å²) in [4.78, 5) is 0. The Kier molecular flexibility index (Phi) is 5.94. The molecule has 5 nitrogen and oxygen atoms in total. The van der Waals surface area contributed by atoms with Crippen LogP contribution in [0.2, 0.25) is 45.8 Å². The number of halogens is 3. The Morgan fingerprint density at radius 1 is 0.750 bits per heavy atom. The molecule has 0 aliphatic carbocycles. The van der Waals surface area contributed by atoms with Gasteiger partial charge >= 0.3 is 32.4 Å². The number of hydrogen-bond donors (Lipinski definition) is 0. The van der Waals surface area contributed by atoms with Gasteiger partial charge in [0.2, 0.25) is 0 Å². The smallest absolute Gasteiger partial charge is 0.416 e. The van der Waals surface area contributed by atoms with E-state index in [-0.39, 0.29) is 0 Å². The monoisotopic (exact) mass is 430 g/mol. The molecule has 1 saturated heterocycles. The summed E-state index contributed by atoms with van der Waals surface area (Å²) in [5, 5.41) is 0. The van der Waals surface area contributed by atoms with E-state index < -0.39 is 40.7 Å². The summed E-state index contributed by atoms with van der Waals surface area (Å²) in [6, 6.07) is 0. The summed E-state index contributed by atoms with van der Waals surface area (Å²) in [6.45, 7) is 13.4. The summed E-state index contributed by atoms with van der Waals surface area (Å²) < 4.78 is 29.2. The lowest BCUT2D eigenvalue weighted by atomic mass is 11.8. The van der Waals surface area contributed by atoms with Crippen molar-refractivity contribution in [3.05, 3.63) is 0 Å². The predicted octanol–water partition coefficient (Wildman–Crippen LogP) is 3.91. The van der Waals surface area contributed by atoms with E-state index in [0.717, 1.165) is 0 Å². The molecule has 1 aliphatic rings. The first-order chi connectivity index (χ1) is 8.54. The fourth-order valence-electron chi connectivity index (χ4n) is 1.80. The van der Waals surface area contributed by atoms with Crippen molar-refractivity contribution in [1.29, 1.82) is 0 Å². The van der Waals surface area contributed by atoms with Crippen LogP contribution in [0, 0.1) is 0 Å². The molecule has 20 heavy (non-hydrogen) atoms. The van der Waals surface area contributed by atoms with Crippen LogP contribution in [0.15, 0.2) is 0 Å². The molecule has 120 valence electrons. The maximum atomic E-state index is 6.46. The second-order valence-corrected chi connectivity index (χ2v) is 27.1. The van der Waals surface area contributed by atoms with Gasteiger partial charge in [-0.25, -0.2) is 0 Å². The second kappa shape index (κ2) is 6.00. The van der Waals surface area contributed by atoms with Crippen LogP contribution in [0.4, 0.5) is 0 Å². The van der Waals surface area contributed by atoms with Crippen LogP contribution in [0.5, 0.6) is 0 Å². The Morgan fingerprint density at radius 2 is 1.20 bits per heavy atom. The molecule has 1 aliphatic heterocycles. The van der Waals surface area contributed by atoms with Crippen LogP contribution in [0.3, 0.4) is 0 Å². The molecule has 1 fully saturated rings. The van der Waals surface area contributed by atoms with E-state index in [1.54, 1.807) is 0 Å². The van der Waals surface area contributed by atoms with E-state index in [2.05, 4.69) is 0 Å². The van der Waals surface area contributed by atoms with Crippen LogP contribution in [-0.2, 0) is 20.6 Å². The van der Waals surface area contributed by atoms with E-state index in [1.807, 2.05) is 45.8 Å². The fourth-order valence-corrected chi connectivity index (χ4v) is 29.1. The van der Waals surface area contributed by atoms with E-state index in [0.29, 0.717) is 0 Å². The highest BCUT2D eigenvalue weighted by molar-refractivity contribution is 7.43. The maximum Gasteiger partial charge on any atom is 0.586 e. The minimum atomic E-state index is -3.52. The fraction of sp³-hybridized carbons (Fsp3) is 1.00. The van der Waals surface area contributed by atoms with Gasteiger partial charge in [0, 0.05) is 0 Å². The molecule has 1 unspecified atom stereocenters. The van der Waals surface area contributed by atoms with Gasteiger partial charge in [-0.05, 0) is 45.8 Å². The minimum absolute atomic E-state index is 1.85. The van der Waals surface area contributed by atoms with Gasteiger partial charge < -0.3 is 20.6 Å². The Morgan fingerprint density at radius 3 is 1.65 bits per heavy atom. The van der Waals surface area contributed by atoms with Gasteiger partial charge in [0.1, 0.15) is 0 Å². The summed E-state index contributed by atoms with van der Waals surface area (Å²) in [7, 11) is -14.1. The molecule has 0 radical (unpaired) electrons. The third kappa shape index (κ3) is 6.89. The number of hydrogen-bond acceptors (Lipinski definition) is 5. The topological polar surface area (TPSA) is 46.2 Å². The average molecular weight is 432 g/mol. The average Bonchev–Trinajstić information content (AvgIpc) is 1.84. The molecule has 0 aromatic heterocycles. The van der Waals surface area contributed by atoms with Crippen molar-refractivity contribution < 1.29 is 20.6 Å². The summed E-state index contributed by atoms with van der Waals surface area (Å²) in [5.41, 5.74) is 0. The second-order valence-electron chi connectivity index (χ2n) is 6.37. The standard InChI is InChI=1S/C7H21Cl3O5Si5/c1-16(2,3)11-20(10)14-18(6,7)12-17(4,5)13-19(8,9)15-20/h1-7H3. The predicted molar refractivity (Wildman–Crippen MR) is 92.8 cm³/mol. The van der Waals surface area contributed by atoms with Crippen molar-refractivity contribution in [2.75, 3.05) is 0 Å². The molecule has 0 N–H and O–H groups in total. The maximum absolute atomic E-state index is 6.46. The van der Waals surface area contributed by atoms with Crippen molar-refractivity contribution in [1.82, 2.24) is 0 Å². The lowest BCUT2D eigenvalue weighted by molar-refractivity contribution is 0.207. The van der Waals surface area contributed by atoms with Gasteiger partial charge in [-0.2, -0.15) is 0 Å². The van der Waals surface area contributed by atoms with Gasteiger partial charge in [0.25, 0.3) is 0 Å². The summed E-state index contributed by atoms with van der Waals surface area (Å²) in [6.07, 6.45) is 0. The molecule has 1 atom stereocenters. The van der Waals surface area contributed by atoms with E-state index in [9.17, 15) is 0 Å². The molecule has 13 heteroatoms. The van der Waals surface area contributed by atoms with Crippen LogP contribution >= 0.6 is 33.2 Å². The van der Waals surface area contributed by atoms with Crippen LogP contribution in [0.1, 0.15) is 0 Å². The van der Waals surface area contributed by atoms with Gasteiger partial charge in [-0.15, -0.1) is 0 Å². The van der Waals surface area contributed by atoms with E-state index in [4.69, 9.17) is 53.8 Å². The van der Waals surface area contributed by atoms with Crippen molar-refractivity contribution >= 4 is 74.0 Å². The molecule has 1 heterocycles.